The minimum atomic E-state index is 0.231. The Kier molecular flexibility index (Phi) is 5.83. The molecule has 0 aliphatic rings. The second-order valence-corrected chi connectivity index (χ2v) is 8.48. The van der Waals surface area contributed by atoms with Crippen LogP contribution in [0.1, 0.15) is 0 Å². The lowest BCUT2D eigenvalue weighted by Gasteiger charge is -2.08. The highest BCUT2D eigenvalue weighted by Crippen LogP contribution is 2.40. The summed E-state index contributed by atoms with van der Waals surface area (Å²) < 4.78 is 1.87. The van der Waals surface area contributed by atoms with Crippen LogP contribution in [0.3, 0.4) is 0 Å². The first-order valence-corrected chi connectivity index (χ1v) is 11.2. The molecule has 0 amide bonds. The molecule has 5 nitrogen and oxygen atoms in total. The van der Waals surface area contributed by atoms with Crippen LogP contribution in [0, 0.1) is 0 Å². The van der Waals surface area contributed by atoms with Gasteiger partial charge in [-0.2, -0.15) is 4.73 Å². The third-order valence-electron chi connectivity index (χ3n) is 4.20. The van der Waals surface area contributed by atoms with Gasteiger partial charge in [0.1, 0.15) is 11.4 Å². The zero-order valence-electron chi connectivity index (χ0n) is 15.0. The lowest BCUT2D eigenvalue weighted by atomic mass is 10.1. The largest absolute Gasteiger partial charge is 0.426 e. The van der Waals surface area contributed by atoms with Gasteiger partial charge in [0.15, 0.2) is 11.0 Å². The highest BCUT2D eigenvalue weighted by Gasteiger charge is 2.25. The number of benzene rings is 2. The van der Waals surface area contributed by atoms with Gasteiger partial charge in [-0.3, -0.25) is 0 Å². The molecule has 4 rings (SSSR count). The van der Waals surface area contributed by atoms with Gasteiger partial charge in [-0.05, 0) is 36.6 Å². The summed E-state index contributed by atoms with van der Waals surface area (Å²) in [5.41, 5.74) is 2.75. The topological polar surface area (TPSA) is 63.8 Å². The van der Waals surface area contributed by atoms with Gasteiger partial charge in [0.05, 0.1) is 21.3 Å². The maximum absolute atomic E-state index is 11.1. The van der Waals surface area contributed by atoms with Crippen molar-refractivity contribution >= 4 is 50.9 Å². The number of thioether (sulfide) groups is 1. The molecule has 0 saturated carbocycles. The van der Waals surface area contributed by atoms with Crippen LogP contribution < -0.4 is 0 Å². The Morgan fingerprint density at radius 3 is 2.45 bits per heavy atom. The van der Waals surface area contributed by atoms with E-state index in [1.807, 2.05) is 30.5 Å². The first-order valence-electron chi connectivity index (χ1n) is 8.39. The molecule has 4 aromatic rings. The number of hydrogen-bond acceptors (Lipinski definition) is 5. The second kappa shape index (κ2) is 8.36. The van der Waals surface area contributed by atoms with Gasteiger partial charge in [-0.15, -0.1) is 0 Å². The molecule has 9 heteroatoms. The summed E-state index contributed by atoms with van der Waals surface area (Å²) in [5.74, 6) is 0.231. The molecule has 2 aromatic heterocycles. The first kappa shape index (κ1) is 20.2. The number of aromatic nitrogens is 4. The molecular formula is C20H13BrCl2N4OS. The first-order chi connectivity index (χ1) is 14.0. The molecule has 0 unspecified atom stereocenters. The summed E-state index contributed by atoms with van der Waals surface area (Å²) >= 11 is 17.7. The third kappa shape index (κ3) is 3.88. The van der Waals surface area contributed by atoms with Crippen molar-refractivity contribution in [3.8, 4) is 34.0 Å². The van der Waals surface area contributed by atoms with Crippen molar-refractivity contribution in [1.29, 1.82) is 0 Å². The van der Waals surface area contributed by atoms with Gasteiger partial charge in [0.2, 0.25) is 0 Å². The number of halogens is 3. The predicted octanol–water partition coefficient (Wildman–Crippen LogP) is 6.70. The highest BCUT2D eigenvalue weighted by atomic mass is 79.9. The molecule has 2 heterocycles. The zero-order valence-corrected chi connectivity index (χ0v) is 18.9. The van der Waals surface area contributed by atoms with E-state index < -0.39 is 0 Å². The van der Waals surface area contributed by atoms with Crippen molar-refractivity contribution in [3.63, 3.8) is 0 Å². The van der Waals surface area contributed by atoms with Crippen molar-refractivity contribution < 1.29 is 5.21 Å². The lowest BCUT2D eigenvalue weighted by Crippen LogP contribution is -1.98. The lowest BCUT2D eigenvalue weighted by molar-refractivity contribution is 0.195. The van der Waals surface area contributed by atoms with Crippen LogP contribution in [0.5, 0.6) is 0 Å². The smallest absolute Gasteiger partial charge is 0.187 e. The van der Waals surface area contributed by atoms with E-state index in [9.17, 15) is 5.21 Å². The zero-order chi connectivity index (χ0) is 20.5. The monoisotopic (exact) mass is 506 g/mol. The standard InChI is InChI=1S/C20H13BrCl2N4OS/c1-29-20-24-9-8-15(25-20)17-18(11-4-2-5-12(21)10-11)27(28)19(26-17)16-13(22)6-3-7-14(16)23/h2-10,28H,1H3. The highest BCUT2D eigenvalue weighted by molar-refractivity contribution is 9.10. The Morgan fingerprint density at radius 1 is 1.03 bits per heavy atom. The van der Waals surface area contributed by atoms with Crippen LogP contribution in [0.15, 0.2) is 64.4 Å². The van der Waals surface area contributed by atoms with Gasteiger partial charge in [0.25, 0.3) is 0 Å². The van der Waals surface area contributed by atoms with E-state index in [-0.39, 0.29) is 5.82 Å². The average Bonchev–Trinajstić information content (AvgIpc) is 3.05. The summed E-state index contributed by atoms with van der Waals surface area (Å²) in [6.45, 7) is 0. The van der Waals surface area contributed by atoms with Gasteiger partial charge in [-0.1, -0.05) is 69.1 Å². The average molecular weight is 508 g/mol. The molecule has 1 N–H and O–H groups in total. The van der Waals surface area contributed by atoms with Crippen molar-refractivity contribution in [2.75, 3.05) is 6.26 Å². The van der Waals surface area contributed by atoms with Crippen LogP contribution >= 0.6 is 50.9 Å². The summed E-state index contributed by atoms with van der Waals surface area (Å²) in [7, 11) is 0. The van der Waals surface area contributed by atoms with E-state index in [4.69, 9.17) is 23.2 Å². The Morgan fingerprint density at radius 2 is 1.76 bits per heavy atom. The number of hydrogen-bond donors (Lipinski definition) is 1. The van der Waals surface area contributed by atoms with Crippen molar-refractivity contribution in [1.82, 2.24) is 19.7 Å². The summed E-state index contributed by atoms with van der Waals surface area (Å²) in [4.78, 5) is 13.5. The molecule has 0 radical (unpaired) electrons. The summed E-state index contributed by atoms with van der Waals surface area (Å²) in [6, 6.07) is 14.5. The molecule has 0 spiro atoms. The van der Waals surface area contributed by atoms with E-state index in [0.29, 0.717) is 37.8 Å². The normalized spacial score (nSPS) is 11.0. The predicted molar refractivity (Wildman–Crippen MR) is 121 cm³/mol. The molecular weight excluding hydrogens is 495 g/mol. The van der Waals surface area contributed by atoms with Crippen LogP contribution in [-0.4, -0.2) is 31.1 Å². The summed E-state index contributed by atoms with van der Waals surface area (Å²) in [6.07, 6.45) is 3.56. The second-order valence-electron chi connectivity index (χ2n) is 5.98. The maximum atomic E-state index is 11.1. The van der Waals surface area contributed by atoms with Crippen LogP contribution in [-0.2, 0) is 0 Å². The van der Waals surface area contributed by atoms with Gasteiger partial charge in [0, 0.05) is 16.2 Å². The van der Waals surface area contributed by atoms with E-state index in [2.05, 4.69) is 30.9 Å². The Hall–Kier alpha value is -2.06. The molecule has 0 saturated heterocycles. The molecule has 2 aromatic carbocycles. The SMILES string of the molecule is CSc1nccc(-c2nc(-c3c(Cl)cccc3Cl)n(O)c2-c2cccc(Br)c2)n1. The van der Waals surface area contributed by atoms with E-state index in [1.165, 1.54) is 11.8 Å². The number of rotatable bonds is 4. The van der Waals surface area contributed by atoms with E-state index >= 15 is 0 Å². The number of imidazole rings is 1. The minimum absolute atomic E-state index is 0.231. The Bertz CT molecular complexity index is 1190. The molecule has 0 fully saturated rings. The van der Waals surface area contributed by atoms with E-state index in [1.54, 1.807) is 30.5 Å². The number of nitrogens with zero attached hydrogens (tertiary/aromatic N) is 4. The quantitative estimate of drug-likeness (QED) is 0.189. The molecule has 0 aliphatic carbocycles. The summed E-state index contributed by atoms with van der Waals surface area (Å²) in [5, 5.41) is 12.5. The third-order valence-corrected chi connectivity index (χ3v) is 5.88. The Balaban J connectivity index is 2.04. The van der Waals surface area contributed by atoms with Crippen LogP contribution in [0.2, 0.25) is 10.0 Å². The van der Waals surface area contributed by atoms with Gasteiger partial charge < -0.3 is 5.21 Å². The fourth-order valence-electron chi connectivity index (χ4n) is 2.93. The minimum Gasteiger partial charge on any atom is -0.426 e. The van der Waals surface area contributed by atoms with Crippen molar-refractivity contribution in [2.45, 2.75) is 5.16 Å². The molecule has 0 bridgehead atoms. The molecule has 29 heavy (non-hydrogen) atoms. The Labute approximate surface area is 189 Å². The molecule has 0 atom stereocenters. The molecule has 0 aliphatic heterocycles. The fourth-order valence-corrected chi connectivity index (χ4v) is 4.25. The van der Waals surface area contributed by atoms with Gasteiger partial charge in [-0.25, -0.2) is 15.0 Å². The van der Waals surface area contributed by atoms with Crippen molar-refractivity contribution in [3.05, 3.63) is 69.2 Å². The molecule has 146 valence electrons. The van der Waals surface area contributed by atoms with E-state index in [0.717, 1.165) is 14.8 Å². The van der Waals surface area contributed by atoms with Gasteiger partial charge >= 0.3 is 0 Å². The van der Waals surface area contributed by atoms with Crippen LogP contribution in [0.25, 0.3) is 34.0 Å². The fraction of sp³-hybridized carbons (Fsp3) is 0.0500. The van der Waals surface area contributed by atoms with Crippen LogP contribution in [0.4, 0.5) is 0 Å². The maximum Gasteiger partial charge on any atom is 0.187 e. The van der Waals surface area contributed by atoms with Crippen molar-refractivity contribution in [2.24, 2.45) is 0 Å².